The number of H-pyrrole nitrogens is 2. The van der Waals surface area contributed by atoms with Crippen LogP contribution in [0, 0.1) is 0 Å². The van der Waals surface area contributed by atoms with Crippen LogP contribution in [-0.4, -0.2) is 31.0 Å². The number of nitrogens with zero attached hydrogens (tertiary/aromatic N) is 2. The lowest BCUT2D eigenvalue weighted by Gasteiger charge is -2.02. The van der Waals surface area contributed by atoms with E-state index >= 15 is 0 Å². The fourth-order valence-electron chi connectivity index (χ4n) is 3.80. The zero-order valence-electron chi connectivity index (χ0n) is 16.4. The van der Waals surface area contributed by atoms with Gasteiger partial charge in [0, 0.05) is 28.5 Å². The van der Waals surface area contributed by atoms with Crippen molar-refractivity contribution in [3.8, 4) is 0 Å². The van der Waals surface area contributed by atoms with Gasteiger partial charge in [0.1, 0.15) is 0 Å². The van der Waals surface area contributed by atoms with Crippen LogP contribution in [0.3, 0.4) is 0 Å². The molecule has 6 nitrogen and oxygen atoms in total. The van der Waals surface area contributed by atoms with Gasteiger partial charge in [0.2, 0.25) is 0 Å². The number of carboxylic acids is 1. The van der Waals surface area contributed by atoms with E-state index in [2.05, 4.69) is 15.0 Å². The number of hydrogen-bond acceptors (Lipinski definition) is 3. The standard InChI is InChI=1S/C24H20N4O2/c1-14-21(8-9-24(29)30)23-13-20-7-5-18(27-20)11-16-3-2-15(25-16)10-17-4-6-19(26-17)12-22(14)28-23/h2-7,10-13,25,27H,8-9H2,1H3,(H,29,30). The summed E-state index contributed by atoms with van der Waals surface area (Å²) in [5.74, 6) is -0.815. The summed E-state index contributed by atoms with van der Waals surface area (Å²) in [6.45, 7) is 1.99. The molecule has 3 N–H and O–H groups in total. The summed E-state index contributed by atoms with van der Waals surface area (Å²) >= 11 is 0. The van der Waals surface area contributed by atoms with Crippen LogP contribution in [0.5, 0.6) is 0 Å². The molecule has 0 fully saturated rings. The smallest absolute Gasteiger partial charge is 0.303 e. The monoisotopic (exact) mass is 396 g/mol. The summed E-state index contributed by atoms with van der Waals surface area (Å²) in [6.07, 6.45) is 4.44. The molecular formula is C24H20N4O2. The highest BCUT2D eigenvalue weighted by Gasteiger charge is 2.18. The topological polar surface area (TPSA) is 94.7 Å². The molecule has 0 radical (unpaired) electrons. The van der Waals surface area contributed by atoms with Crippen molar-refractivity contribution < 1.29 is 9.90 Å². The summed E-state index contributed by atoms with van der Waals surface area (Å²) < 4.78 is 0. The molecule has 0 amide bonds. The number of aromatic amines is 2. The fourth-order valence-corrected chi connectivity index (χ4v) is 3.80. The summed E-state index contributed by atoms with van der Waals surface area (Å²) in [5.41, 5.74) is 9.12. The molecule has 0 saturated carbocycles. The van der Waals surface area contributed by atoms with Crippen molar-refractivity contribution in [2.75, 3.05) is 0 Å². The lowest BCUT2D eigenvalue weighted by molar-refractivity contribution is -0.136. The molecule has 0 saturated heterocycles. The van der Waals surface area contributed by atoms with Gasteiger partial charge in [0.25, 0.3) is 0 Å². The Morgan fingerprint density at radius 2 is 1.43 bits per heavy atom. The van der Waals surface area contributed by atoms with Gasteiger partial charge < -0.3 is 15.1 Å². The molecule has 3 aromatic rings. The third kappa shape index (κ3) is 3.55. The molecule has 0 spiro atoms. The molecule has 2 aliphatic heterocycles. The van der Waals surface area contributed by atoms with Crippen LogP contribution in [0.2, 0.25) is 0 Å². The lowest BCUT2D eigenvalue weighted by atomic mass is 10.0. The number of allylic oxidation sites excluding steroid dienone is 2. The highest BCUT2D eigenvalue weighted by molar-refractivity contribution is 5.93. The molecule has 5 rings (SSSR count). The zero-order valence-corrected chi connectivity index (χ0v) is 16.4. The van der Waals surface area contributed by atoms with Crippen molar-refractivity contribution >= 4 is 51.3 Å². The molecule has 3 aromatic heterocycles. The van der Waals surface area contributed by atoms with Crippen molar-refractivity contribution in [1.82, 2.24) is 19.9 Å². The first-order valence-electron chi connectivity index (χ1n) is 9.82. The van der Waals surface area contributed by atoms with Crippen LogP contribution in [0.25, 0.3) is 45.4 Å². The van der Waals surface area contributed by atoms with Crippen LogP contribution in [0.1, 0.15) is 42.5 Å². The number of rotatable bonds is 3. The van der Waals surface area contributed by atoms with Crippen molar-refractivity contribution in [3.05, 3.63) is 71.3 Å². The second-order valence-electron chi connectivity index (χ2n) is 7.49. The number of carboxylic acid groups (broad SMARTS) is 1. The minimum atomic E-state index is -0.815. The van der Waals surface area contributed by atoms with Gasteiger partial charge in [-0.2, -0.15) is 0 Å². The number of aromatic nitrogens is 4. The van der Waals surface area contributed by atoms with Gasteiger partial charge in [0.15, 0.2) is 0 Å². The van der Waals surface area contributed by atoms with Crippen molar-refractivity contribution in [2.24, 2.45) is 0 Å². The molecular weight excluding hydrogens is 376 g/mol. The Balaban J connectivity index is 1.78. The lowest BCUT2D eigenvalue weighted by Crippen LogP contribution is -1.95. The van der Waals surface area contributed by atoms with Crippen molar-refractivity contribution in [2.45, 2.75) is 19.8 Å². The van der Waals surface area contributed by atoms with Crippen LogP contribution in [-0.2, 0) is 4.79 Å². The first-order valence-corrected chi connectivity index (χ1v) is 9.82. The molecule has 8 bridgehead atoms. The Morgan fingerprint density at radius 1 is 0.833 bits per heavy atom. The van der Waals surface area contributed by atoms with E-state index < -0.39 is 5.97 Å². The Hall–Kier alpha value is -3.93. The highest BCUT2D eigenvalue weighted by atomic mass is 16.4. The summed E-state index contributed by atoms with van der Waals surface area (Å²) in [7, 11) is 0. The van der Waals surface area contributed by atoms with E-state index in [0.29, 0.717) is 6.42 Å². The highest BCUT2D eigenvalue weighted by Crippen LogP contribution is 2.33. The SMILES string of the molecule is CC1=C(CCC(=O)O)c2cc3ccc(cc4ccc(cc5nc(cc1n2)C=C5)[nH]4)[nH]3. The van der Waals surface area contributed by atoms with E-state index in [1.54, 1.807) is 0 Å². The molecule has 148 valence electrons. The Kier molecular flexibility index (Phi) is 4.32. The number of carbonyl (C=O) groups is 1. The molecule has 2 aliphatic rings. The Bertz CT molecular complexity index is 1390. The fraction of sp³-hybridized carbons (Fsp3) is 0.125. The number of hydrogen-bond donors (Lipinski definition) is 3. The van der Waals surface area contributed by atoms with E-state index in [1.807, 2.05) is 67.6 Å². The van der Waals surface area contributed by atoms with Gasteiger partial charge in [-0.15, -0.1) is 0 Å². The maximum Gasteiger partial charge on any atom is 0.303 e. The summed E-state index contributed by atoms with van der Waals surface area (Å²) in [4.78, 5) is 27.4. The van der Waals surface area contributed by atoms with Gasteiger partial charge in [-0.1, -0.05) is 0 Å². The van der Waals surface area contributed by atoms with Crippen LogP contribution < -0.4 is 0 Å². The minimum Gasteiger partial charge on any atom is -0.481 e. The van der Waals surface area contributed by atoms with E-state index in [1.165, 1.54) is 0 Å². The number of fused-ring (bicyclic) bond motifs is 8. The first kappa shape index (κ1) is 18.1. The van der Waals surface area contributed by atoms with Gasteiger partial charge in [0.05, 0.1) is 22.8 Å². The van der Waals surface area contributed by atoms with Crippen LogP contribution in [0.15, 0.2) is 48.5 Å². The van der Waals surface area contributed by atoms with Crippen LogP contribution >= 0.6 is 0 Å². The molecule has 0 aliphatic carbocycles. The van der Waals surface area contributed by atoms with E-state index in [-0.39, 0.29) is 6.42 Å². The average Bonchev–Trinajstić information content (AvgIpc) is 3.47. The summed E-state index contributed by atoms with van der Waals surface area (Å²) in [6, 6.07) is 16.0. The second kappa shape index (κ2) is 7.15. The molecule has 6 heteroatoms. The van der Waals surface area contributed by atoms with Crippen molar-refractivity contribution in [1.29, 1.82) is 0 Å². The van der Waals surface area contributed by atoms with Gasteiger partial charge >= 0.3 is 5.97 Å². The Morgan fingerprint density at radius 3 is 2.10 bits per heavy atom. The third-order valence-electron chi connectivity index (χ3n) is 5.31. The average molecular weight is 396 g/mol. The molecule has 30 heavy (non-hydrogen) atoms. The van der Waals surface area contributed by atoms with Crippen molar-refractivity contribution in [3.63, 3.8) is 0 Å². The molecule has 5 heterocycles. The van der Waals surface area contributed by atoms with Gasteiger partial charge in [-0.05, 0) is 85.2 Å². The van der Waals surface area contributed by atoms with E-state index in [9.17, 15) is 4.79 Å². The predicted molar refractivity (Wildman–Crippen MR) is 119 cm³/mol. The predicted octanol–water partition coefficient (Wildman–Crippen LogP) is 5.28. The normalized spacial score (nSPS) is 13.1. The second-order valence-corrected chi connectivity index (χ2v) is 7.49. The zero-order chi connectivity index (χ0) is 20.7. The maximum atomic E-state index is 11.2. The molecule has 0 unspecified atom stereocenters. The number of nitrogens with one attached hydrogen (secondary N) is 2. The van der Waals surface area contributed by atoms with Gasteiger partial charge in [-0.3, -0.25) is 4.79 Å². The third-order valence-corrected chi connectivity index (χ3v) is 5.31. The first-order chi connectivity index (χ1) is 14.5. The molecule has 0 atom stereocenters. The minimum absolute atomic E-state index is 0.0687. The maximum absolute atomic E-state index is 11.2. The Labute approximate surface area is 172 Å². The number of aliphatic carboxylic acids is 1. The quantitative estimate of drug-likeness (QED) is 0.439. The summed E-state index contributed by atoms with van der Waals surface area (Å²) in [5, 5.41) is 9.16. The van der Waals surface area contributed by atoms with E-state index in [0.717, 1.165) is 56.0 Å². The van der Waals surface area contributed by atoms with Crippen LogP contribution in [0.4, 0.5) is 0 Å². The van der Waals surface area contributed by atoms with Gasteiger partial charge in [-0.25, -0.2) is 9.97 Å². The van der Waals surface area contributed by atoms with E-state index in [4.69, 9.17) is 10.1 Å². The largest absolute Gasteiger partial charge is 0.481 e. The molecule has 0 aromatic carbocycles.